The summed E-state index contributed by atoms with van der Waals surface area (Å²) in [6.07, 6.45) is 4.49. The first-order valence-corrected chi connectivity index (χ1v) is 13.7. The lowest BCUT2D eigenvalue weighted by molar-refractivity contribution is 0.0653. The van der Waals surface area contributed by atoms with Gasteiger partial charge in [0.2, 0.25) is 0 Å². The van der Waals surface area contributed by atoms with Gasteiger partial charge in [0.25, 0.3) is 17.4 Å². The fourth-order valence-corrected chi connectivity index (χ4v) is 5.38. The highest BCUT2D eigenvalue weighted by Crippen LogP contribution is 2.32. The van der Waals surface area contributed by atoms with Crippen LogP contribution < -0.4 is 25.9 Å². The van der Waals surface area contributed by atoms with Crippen molar-refractivity contribution in [1.82, 2.24) is 19.5 Å². The van der Waals surface area contributed by atoms with E-state index in [1.165, 1.54) is 10.5 Å². The summed E-state index contributed by atoms with van der Waals surface area (Å²) in [4.78, 5) is 46.7. The summed E-state index contributed by atoms with van der Waals surface area (Å²) in [6.45, 7) is 8.44. The van der Waals surface area contributed by atoms with Crippen molar-refractivity contribution in [2.45, 2.75) is 53.2 Å². The number of nitrogens with zero attached hydrogens (tertiary/aromatic N) is 5. The molecular formula is C31H35N5O4. The summed E-state index contributed by atoms with van der Waals surface area (Å²) in [6, 6.07) is 11.0. The van der Waals surface area contributed by atoms with Crippen molar-refractivity contribution in [2.75, 3.05) is 25.6 Å². The highest BCUT2D eigenvalue weighted by atomic mass is 16.5. The maximum atomic E-state index is 13.9. The van der Waals surface area contributed by atoms with Gasteiger partial charge in [0.05, 0.1) is 39.2 Å². The molecule has 9 nitrogen and oxygen atoms in total. The number of ether oxygens (including phenoxy) is 1. The molecule has 5 rings (SSSR count). The lowest BCUT2D eigenvalue weighted by atomic mass is 10.1. The van der Waals surface area contributed by atoms with Gasteiger partial charge in [0.15, 0.2) is 0 Å². The monoisotopic (exact) mass is 541 g/mol. The lowest BCUT2D eigenvalue weighted by Crippen LogP contribution is -2.48. The molecule has 0 atom stereocenters. The predicted octanol–water partition coefficient (Wildman–Crippen LogP) is 2.65. The third kappa shape index (κ3) is 4.60. The number of anilines is 1. The van der Waals surface area contributed by atoms with Crippen LogP contribution in [0.2, 0.25) is 0 Å². The molecule has 2 aromatic carbocycles. The molecule has 0 radical (unpaired) electrons. The zero-order valence-corrected chi connectivity index (χ0v) is 23.9. The molecule has 0 fully saturated rings. The molecule has 0 saturated heterocycles. The first-order chi connectivity index (χ1) is 19.2. The van der Waals surface area contributed by atoms with E-state index in [9.17, 15) is 14.4 Å². The molecule has 0 bridgehead atoms. The van der Waals surface area contributed by atoms with Gasteiger partial charge < -0.3 is 9.75 Å². The molecule has 2 aliphatic heterocycles. The second-order valence-electron chi connectivity index (χ2n) is 10.4. The summed E-state index contributed by atoms with van der Waals surface area (Å²) < 4.78 is 7.44. The summed E-state index contributed by atoms with van der Waals surface area (Å²) in [7, 11) is 4.00. The van der Waals surface area contributed by atoms with Gasteiger partial charge in [-0.3, -0.25) is 23.9 Å². The number of hydrogen-bond acceptors (Lipinski definition) is 7. The van der Waals surface area contributed by atoms with E-state index >= 15 is 0 Å². The van der Waals surface area contributed by atoms with Gasteiger partial charge in [0, 0.05) is 33.6 Å². The van der Waals surface area contributed by atoms with E-state index in [-0.39, 0.29) is 36.1 Å². The summed E-state index contributed by atoms with van der Waals surface area (Å²) in [5, 5.41) is 5.28. The van der Waals surface area contributed by atoms with Crippen molar-refractivity contribution in [3.63, 3.8) is 0 Å². The number of carbonyl (C=O) groups excluding carboxylic acids is 2. The minimum Gasteiger partial charge on any atom is -0.490 e. The predicted molar refractivity (Wildman–Crippen MR) is 155 cm³/mol. The van der Waals surface area contributed by atoms with Crippen LogP contribution in [-0.2, 0) is 13.0 Å². The Bertz CT molecular complexity index is 1690. The van der Waals surface area contributed by atoms with E-state index in [2.05, 4.69) is 10.0 Å². The fraction of sp³-hybridized carbons (Fsp3) is 0.355. The van der Waals surface area contributed by atoms with Crippen molar-refractivity contribution >= 4 is 29.7 Å². The van der Waals surface area contributed by atoms with Crippen molar-refractivity contribution in [1.29, 1.82) is 0 Å². The van der Waals surface area contributed by atoms with Crippen LogP contribution in [0.4, 0.5) is 5.69 Å². The number of benzene rings is 2. The maximum Gasteiger partial charge on any atom is 0.265 e. The zero-order chi connectivity index (χ0) is 28.7. The molecule has 0 unspecified atom stereocenters. The highest BCUT2D eigenvalue weighted by molar-refractivity contribution is 6.22. The third-order valence-corrected chi connectivity index (χ3v) is 7.37. The normalized spacial score (nSPS) is 16.0. The molecule has 0 spiro atoms. The average molecular weight is 542 g/mol. The van der Waals surface area contributed by atoms with Crippen LogP contribution in [0.25, 0.3) is 17.8 Å². The Morgan fingerprint density at radius 2 is 1.85 bits per heavy atom. The Kier molecular flexibility index (Phi) is 7.33. The summed E-state index contributed by atoms with van der Waals surface area (Å²) in [5.74, 6) is 0.119. The zero-order valence-electron chi connectivity index (χ0n) is 23.9. The molecule has 1 aromatic heterocycles. The van der Waals surface area contributed by atoms with Gasteiger partial charge in [-0.15, -0.1) is 0 Å². The Labute approximate surface area is 233 Å². The third-order valence-electron chi connectivity index (χ3n) is 7.37. The van der Waals surface area contributed by atoms with E-state index < -0.39 is 5.91 Å². The number of imide groups is 1. The van der Waals surface area contributed by atoms with Gasteiger partial charge in [-0.25, -0.2) is 9.99 Å². The Morgan fingerprint density at radius 3 is 2.55 bits per heavy atom. The van der Waals surface area contributed by atoms with Crippen LogP contribution in [0.5, 0.6) is 5.75 Å². The smallest absolute Gasteiger partial charge is 0.265 e. The molecule has 3 aromatic rings. The number of hydrogen-bond donors (Lipinski definition) is 0. The van der Waals surface area contributed by atoms with E-state index in [0.29, 0.717) is 39.8 Å². The van der Waals surface area contributed by atoms with Crippen LogP contribution >= 0.6 is 0 Å². The number of rotatable bonds is 7. The maximum absolute atomic E-state index is 13.9. The Morgan fingerprint density at radius 1 is 1.07 bits per heavy atom. The minimum absolute atomic E-state index is 0.0776. The molecule has 0 N–H and O–H groups in total. The van der Waals surface area contributed by atoms with Crippen molar-refractivity contribution in [3.05, 3.63) is 79.8 Å². The van der Waals surface area contributed by atoms with E-state index in [1.807, 2.05) is 66.1 Å². The minimum atomic E-state index is -0.397. The molecule has 0 saturated carbocycles. The second-order valence-corrected chi connectivity index (χ2v) is 10.4. The van der Waals surface area contributed by atoms with E-state index in [4.69, 9.17) is 9.72 Å². The molecule has 208 valence electrons. The van der Waals surface area contributed by atoms with E-state index in [1.54, 1.807) is 28.8 Å². The van der Waals surface area contributed by atoms with Crippen molar-refractivity contribution in [2.24, 2.45) is 0 Å². The van der Waals surface area contributed by atoms with Crippen LogP contribution in [0.15, 0.2) is 41.2 Å². The van der Waals surface area contributed by atoms with Gasteiger partial charge in [-0.2, -0.15) is 0 Å². The Hall–Kier alpha value is -4.24. The van der Waals surface area contributed by atoms with Gasteiger partial charge in [-0.05, 0) is 57.0 Å². The number of amides is 2. The Balaban J connectivity index is 1.57. The van der Waals surface area contributed by atoms with Crippen LogP contribution in [0.1, 0.15) is 66.2 Å². The lowest BCUT2D eigenvalue weighted by Gasteiger charge is -2.22. The molecule has 9 heteroatoms. The summed E-state index contributed by atoms with van der Waals surface area (Å²) >= 11 is 0. The number of aromatic nitrogens is 2. The molecule has 2 aliphatic rings. The molecular weight excluding hydrogens is 506 g/mol. The highest BCUT2D eigenvalue weighted by Gasteiger charge is 2.38. The van der Waals surface area contributed by atoms with Crippen LogP contribution in [0, 0.1) is 0 Å². The first kappa shape index (κ1) is 27.3. The topological polar surface area (TPSA) is 88.0 Å². The van der Waals surface area contributed by atoms with E-state index in [0.717, 1.165) is 12.2 Å². The molecule has 40 heavy (non-hydrogen) atoms. The number of carbonyl (C=O) groups is 2. The quantitative estimate of drug-likeness (QED) is 0.425. The first-order valence-electron chi connectivity index (χ1n) is 13.7. The van der Waals surface area contributed by atoms with Crippen molar-refractivity contribution in [3.8, 4) is 11.4 Å². The fourth-order valence-electron chi connectivity index (χ4n) is 5.38. The van der Waals surface area contributed by atoms with Gasteiger partial charge >= 0.3 is 0 Å². The number of fused-ring (bicyclic) bond motifs is 2. The standard InChI is InChI=1S/C31H35N5O4/c1-7-10-24-22(8-2)30(38)36(21-14-13-20-18-33(5)34(6)25(20)17-21)27(32-24)15-16-35-29(37)23-11-9-12-26(40-19(3)4)28(23)31(35)39/h8-14,17,19H,7,15-16,18H2,1-6H3. The van der Waals surface area contributed by atoms with Gasteiger partial charge in [-0.1, -0.05) is 31.2 Å². The second kappa shape index (κ2) is 10.7. The molecule has 0 aliphatic carbocycles. The average Bonchev–Trinajstić information content (AvgIpc) is 3.34. The summed E-state index contributed by atoms with van der Waals surface area (Å²) in [5.41, 5.74) is 3.30. The van der Waals surface area contributed by atoms with Crippen LogP contribution in [-0.4, -0.2) is 58.0 Å². The molecule has 2 amide bonds. The largest absolute Gasteiger partial charge is 0.490 e. The van der Waals surface area contributed by atoms with Crippen LogP contribution in [0.3, 0.4) is 0 Å². The SMILES string of the molecule is CC=c1c(=CCC)nc(CCN2C(=O)c3cccc(OC(C)C)c3C2=O)n(-c2ccc3c(c2)N(C)N(C)C3)c1=O. The van der Waals surface area contributed by atoms with Gasteiger partial charge in [0.1, 0.15) is 11.6 Å². The molecule has 3 heterocycles. The van der Waals surface area contributed by atoms with Crippen molar-refractivity contribution < 1.29 is 14.3 Å². The number of hydrazine groups is 1.